The van der Waals surface area contributed by atoms with E-state index in [4.69, 9.17) is 4.74 Å². The lowest BCUT2D eigenvalue weighted by Gasteiger charge is -2.13. The third-order valence-corrected chi connectivity index (χ3v) is 7.51. The van der Waals surface area contributed by atoms with Crippen molar-refractivity contribution in [2.24, 2.45) is 0 Å². The number of amides is 2. The number of rotatable bonds is 8. The van der Waals surface area contributed by atoms with Crippen molar-refractivity contribution < 1.29 is 14.3 Å². The lowest BCUT2D eigenvalue weighted by Crippen LogP contribution is -2.29. The molecule has 6 heteroatoms. The summed E-state index contributed by atoms with van der Waals surface area (Å²) >= 11 is 4.45. The molecule has 1 heterocycles. The van der Waals surface area contributed by atoms with Crippen LogP contribution in [-0.2, 0) is 17.8 Å². The van der Waals surface area contributed by atoms with Gasteiger partial charge in [-0.3, -0.25) is 14.5 Å². The largest absolute Gasteiger partial charge is 0.488 e. The number of nitrogens with zero attached hydrogens (tertiary/aromatic N) is 1. The fourth-order valence-corrected chi connectivity index (χ4v) is 5.31. The molecule has 4 nitrogen and oxygen atoms in total. The van der Waals surface area contributed by atoms with Gasteiger partial charge in [-0.25, -0.2) is 0 Å². The molecule has 1 fully saturated rings. The van der Waals surface area contributed by atoms with Gasteiger partial charge in [-0.2, -0.15) is 0 Å². The van der Waals surface area contributed by atoms with Gasteiger partial charge in [0.25, 0.3) is 11.1 Å². The highest BCUT2D eigenvalue weighted by molar-refractivity contribution is 9.10. The summed E-state index contributed by atoms with van der Waals surface area (Å²) in [5.74, 6) is 0.428. The molecule has 0 radical (unpaired) electrons. The van der Waals surface area contributed by atoms with Crippen LogP contribution in [-0.4, -0.2) is 22.6 Å². The van der Waals surface area contributed by atoms with E-state index in [1.165, 1.54) is 10.5 Å². The van der Waals surface area contributed by atoms with E-state index >= 15 is 0 Å². The van der Waals surface area contributed by atoms with E-state index in [1.807, 2.05) is 78.9 Å². The first kappa shape index (κ1) is 24.3. The molecule has 0 atom stereocenters. The number of hydrogen-bond acceptors (Lipinski definition) is 4. The maximum Gasteiger partial charge on any atom is 0.293 e. The van der Waals surface area contributed by atoms with E-state index in [0.717, 1.165) is 51.0 Å². The van der Waals surface area contributed by atoms with Crippen LogP contribution in [0.2, 0.25) is 0 Å². The van der Waals surface area contributed by atoms with Gasteiger partial charge in [-0.05, 0) is 70.8 Å². The molecule has 2 amide bonds. The fraction of sp³-hybridized carbons (Fsp3) is 0.133. The zero-order valence-corrected chi connectivity index (χ0v) is 21.9. The Balaban J connectivity index is 1.38. The molecule has 0 aromatic heterocycles. The van der Waals surface area contributed by atoms with Crippen LogP contribution in [0, 0.1) is 0 Å². The SMILES string of the molecule is O=C1S/C(=C/c2c(OCc3ccc(Br)cc3)ccc3ccccc23)C(=O)N1CCCc1ccccc1. The predicted molar refractivity (Wildman–Crippen MR) is 150 cm³/mol. The molecule has 0 aliphatic carbocycles. The average molecular weight is 558 g/mol. The Morgan fingerprint density at radius 2 is 1.58 bits per heavy atom. The summed E-state index contributed by atoms with van der Waals surface area (Å²) in [5, 5.41) is 1.79. The quantitative estimate of drug-likeness (QED) is 0.207. The van der Waals surface area contributed by atoms with Gasteiger partial charge in [0.2, 0.25) is 0 Å². The molecule has 5 rings (SSSR count). The van der Waals surface area contributed by atoms with Gasteiger partial charge in [-0.1, -0.05) is 88.7 Å². The second kappa shape index (κ2) is 11.1. The summed E-state index contributed by atoms with van der Waals surface area (Å²) < 4.78 is 7.22. The molecule has 0 N–H and O–H groups in total. The minimum absolute atomic E-state index is 0.225. The van der Waals surface area contributed by atoms with Gasteiger partial charge < -0.3 is 4.74 Å². The highest BCUT2D eigenvalue weighted by atomic mass is 79.9. The summed E-state index contributed by atoms with van der Waals surface area (Å²) in [4.78, 5) is 27.7. The van der Waals surface area contributed by atoms with Crippen molar-refractivity contribution in [1.82, 2.24) is 4.90 Å². The summed E-state index contributed by atoms with van der Waals surface area (Å²) in [6.07, 6.45) is 3.35. The Morgan fingerprint density at radius 3 is 2.39 bits per heavy atom. The van der Waals surface area contributed by atoms with Gasteiger partial charge in [0.05, 0.1) is 4.91 Å². The zero-order valence-electron chi connectivity index (χ0n) is 19.5. The van der Waals surface area contributed by atoms with Crippen LogP contribution >= 0.6 is 27.7 Å². The number of thioether (sulfide) groups is 1. The number of benzene rings is 4. The van der Waals surface area contributed by atoms with Gasteiger partial charge in [0.1, 0.15) is 12.4 Å². The van der Waals surface area contributed by atoms with E-state index in [9.17, 15) is 9.59 Å². The van der Waals surface area contributed by atoms with Crippen LogP contribution in [0.25, 0.3) is 16.8 Å². The predicted octanol–water partition coefficient (Wildman–Crippen LogP) is 7.85. The van der Waals surface area contributed by atoms with Gasteiger partial charge in [0, 0.05) is 16.6 Å². The highest BCUT2D eigenvalue weighted by Gasteiger charge is 2.34. The molecule has 0 unspecified atom stereocenters. The Kier molecular flexibility index (Phi) is 7.54. The van der Waals surface area contributed by atoms with Gasteiger partial charge in [-0.15, -0.1) is 0 Å². The monoisotopic (exact) mass is 557 g/mol. The third-order valence-electron chi connectivity index (χ3n) is 6.08. The van der Waals surface area contributed by atoms with Crippen LogP contribution in [0.3, 0.4) is 0 Å². The van der Waals surface area contributed by atoms with Gasteiger partial charge >= 0.3 is 0 Å². The van der Waals surface area contributed by atoms with E-state index in [0.29, 0.717) is 23.8 Å². The normalized spacial score (nSPS) is 14.7. The summed E-state index contributed by atoms with van der Waals surface area (Å²) in [6, 6.07) is 30.0. The standard InChI is InChI=1S/C30H24BrNO3S/c31-24-15-12-22(13-16-24)20-35-27-17-14-23-10-4-5-11-25(23)26(27)19-28-29(33)32(30(34)36-28)18-6-9-21-7-2-1-3-8-21/h1-5,7-8,10-17,19H,6,9,18,20H2/b28-19+. The molecule has 36 heavy (non-hydrogen) atoms. The second-order valence-electron chi connectivity index (χ2n) is 8.54. The van der Waals surface area contributed by atoms with Crippen LogP contribution in [0.1, 0.15) is 23.1 Å². The van der Waals surface area contributed by atoms with Crippen LogP contribution in [0.4, 0.5) is 4.79 Å². The fourth-order valence-electron chi connectivity index (χ4n) is 4.20. The van der Waals surface area contributed by atoms with Crippen molar-refractivity contribution in [3.8, 4) is 5.75 Å². The van der Waals surface area contributed by atoms with E-state index < -0.39 is 0 Å². The molecule has 0 spiro atoms. The first-order valence-electron chi connectivity index (χ1n) is 11.8. The summed E-state index contributed by atoms with van der Waals surface area (Å²) in [5.41, 5.74) is 3.04. The molecule has 180 valence electrons. The smallest absolute Gasteiger partial charge is 0.293 e. The molecule has 0 bridgehead atoms. The van der Waals surface area contributed by atoms with Crippen molar-refractivity contribution in [3.63, 3.8) is 0 Å². The number of hydrogen-bond donors (Lipinski definition) is 0. The second-order valence-corrected chi connectivity index (χ2v) is 10.4. The molecule has 1 aliphatic rings. The molecule has 1 saturated heterocycles. The van der Waals surface area contributed by atoms with Crippen LogP contribution in [0.15, 0.2) is 100 Å². The molecule has 4 aromatic rings. The minimum atomic E-state index is -0.246. The first-order chi connectivity index (χ1) is 17.6. The molecular weight excluding hydrogens is 534 g/mol. The number of imide groups is 1. The summed E-state index contributed by atoms with van der Waals surface area (Å²) in [6.45, 7) is 0.798. The van der Waals surface area contributed by atoms with Gasteiger partial charge in [0.15, 0.2) is 0 Å². The number of carbonyl (C=O) groups is 2. The maximum absolute atomic E-state index is 13.2. The Morgan fingerprint density at radius 1 is 0.833 bits per heavy atom. The van der Waals surface area contributed by atoms with E-state index in [1.54, 1.807) is 6.08 Å². The van der Waals surface area contributed by atoms with E-state index in [-0.39, 0.29) is 11.1 Å². The molecule has 1 aliphatic heterocycles. The molecule has 0 saturated carbocycles. The third kappa shape index (κ3) is 5.55. The Hall–Kier alpha value is -3.35. The highest BCUT2D eigenvalue weighted by Crippen LogP contribution is 2.37. The Bertz CT molecular complexity index is 1430. The number of halogens is 1. The van der Waals surface area contributed by atoms with Crippen molar-refractivity contribution in [1.29, 1.82) is 0 Å². The zero-order chi connectivity index (χ0) is 24.9. The number of ether oxygens (including phenoxy) is 1. The van der Waals surface area contributed by atoms with Crippen LogP contribution in [0.5, 0.6) is 5.75 Å². The Labute approximate surface area is 223 Å². The van der Waals surface area contributed by atoms with Crippen molar-refractivity contribution in [3.05, 3.63) is 117 Å². The minimum Gasteiger partial charge on any atom is -0.488 e. The first-order valence-corrected chi connectivity index (χ1v) is 13.4. The molecular formula is C30H24BrNO3S. The van der Waals surface area contributed by atoms with Crippen molar-refractivity contribution in [2.75, 3.05) is 6.54 Å². The lowest BCUT2D eigenvalue weighted by molar-refractivity contribution is -0.122. The van der Waals surface area contributed by atoms with Crippen molar-refractivity contribution in [2.45, 2.75) is 19.4 Å². The van der Waals surface area contributed by atoms with Crippen molar-refractivity contribution >= 4 is 55.7 Å². The topological polar surface area (TPSA) is 46.6 Å². The number of aryl methyl sites for hydroxylation is 1. The number of fused-ring (bicyclic) bond motifs is 1. The number of carbonyl (C=O) groups excluding carboxylic acids is 2. The summed E-state index contributed by atoms with van der Waals surface area (Å²) in [7, 11) is 0. The maximum atomic E-state index is 13.2. The lowest BCUT2D eigenvalue weighted by atomic mass is 10.0. The van der Waals surface area contributed by atoms with Crippen LogP contribution < -0.4 is 4.74 Å². The van der Waals surface area contributed by atoms with E-state index in [2.05, 4.69) is 28.1 Å². The average Bonchev–Trinajstić information content (AvgIpc) is 3.17. The molecule has 4 aromatic carbocycles.